The van der Waals surface area contributed by atoms with E-state index in [2.05, 4.69) is 52.0 Å². The molecule has 0 aliphatic carbocycles. The summed E-state index contributed by atoms with van der Waals surface area (Å²) in [4.78, 5) is 4.52. The summed E-state index contributed by atoms with van der Waals surface area (Å²) in [5.41, 5.74) is 7.69. The van der Waals surface area contributed by atoms with Crippen molar-refractivity contribution < 1.29 is 0 Å². The Balaban J connectivity index is 3.55. The summed E-state index contributed by atoms with van der Waals surface area (Å²) >= 11 is 0. The van der Waals surface area contributed by atoms with Crippen LogP contribution in [0.5, 0.6) is 0 Å². The van der Waals surface area contributed by atoms with Crippen molar-refractivity contribution in [2.75, 3.05) is 5.43 Å². The molecule has 1 rings (SSSR count). The second kappa shape index (κ2) is 4.83. The van der Waals surface area contributed by atoms with Crippen molar-refractivity contribution in [2.45, 2.75) is 53.4 Å². The summed E-state index contributed by atoms with van der Waals surface area (Å²) in [5, 5.41) is 0. The van der Waals surface area contributed by atoms with Crippen LogP contribution in [0.4, 0.5) is 5.82 Å². The van der Waals surface area contributed by atoms with Gasteiger partial charge in [0.1, 0.15) is 5.82 Å². The monoisotopic (exact) mass is 221 g/mol. The first-order valence-electron chi connectivity index (χ1n) is 5.87. The SMILES string of the molecule is Cc1nc(NN)c(C)c(C(C)C)c1C(C)C. The molecule has 16 heavy (non-hydrogen) atoms. The molecule has 0 amide bonds. The number of hydrazine groups is 1. The van der Waals surface area contributed by atoms with E-state index in [4.69, 9.17) is 5.84 Å². The minimum Gasteiger partial charge on any atom is -0.308 e. The highest BCUT2D eigenvalue weighted by atomic mass is 15.2. The standard InChI is InChI=1S/C13H23N3/c1-7(2)11-9(5)13(16-14)15-10(6)12(11)8(3)4/h7-8H,14H2,1-6H3,(H,15,16). The predicted octanol–water partition coefficient (Wildman–Crippen LogP) is 3.23. The first-order chi connectivity index (χ1) is 7.40. The van der Waals surface area contributed by atoms with Gasteiger partial charge in [-0.3, -0.25) is 0 Å². The number of hydrogen-bond acceptors (Lipinski definition) is 3. The van der Waals surface area contributed by atoms with Crippen molar-refractivity contribution in [3.8, 4) is 0 Å². The molecule has 1 aromatic rings. The van der Waals surface area contributed by atoms with Gasteiger partial charge in [0.15, 0.2) is 0 Å². The number of anilines is 1. The normalized spacial score (nSPS) is 11.3. The molecule has 3 nitrogen and oxygen atoms in total. The Kier molecular flexibility index (Phi) is 3.92. The summed E-state index contributed by atoms with van der Waals surface area (Å²) < 4.78 is 0. The molecule has 0 unspecified atom stereocenters. The molecule has 0 fully saturated rings. The molecule has 0 atom stereocenters. The number of rotatable bonds is 3. The Hall–Kier alpha value is -1.09. The average Bonchev–Trinajstić information content (AvgIpc) is 2.19. The van der Waals surface area contributed by atoms with Crippen molar-refractivity contribution in [2.24, 2.45) is 5.84 Å². The molecule has 90 valence electrons. The molecule has 1 heterocycles. The molecule has 0 spiro atoms. The molecule has 0 saturated heterocycles. The number of hydrogen-bond donors (Lipinski definition) is 2. The summed E-state index contributed by atoms with van der Waals surface area (Å²) in [7, 11) is 0. The van der Waals surface area contributed by atoms with Crippen LogP contribution in [0.3, 0.4) is 0 Å². The zero-order valence-corrected chi connectivity index (χ0v) is 11.2. The van der Waals surface area contributed by atoms with Gasteiger partial charge in [-0.2, -0.15) is 0 Å². The zero-order valence-electron chi connectivity index (χ0n) is 11.2. The lowest BCUT2D eigenvalue weighted by atomic mass is 9.87. The van der Waals surface area contributed by atoms with Gasteiger partial charge in [-0.25, -0.2) is 10.8 Å². The number of aromatic nitrogens is 1. The quantitative estimate of drug-likeness (QED) is 0.608. The van der Waals surface area contributed by atoms with E-state index in [-0.39, 0.29) is 0 Å². The molecule has 3 N–H and O–H groups in total. The Morgan fingerprint density at radius 1 is 1.00 bits per heavy atom. The van der Waals surface area contributed by atoms with Crippen LogP contribution in [0.15, 0.2) is 0 Å². The van der Waals surface area contributed by atoms with E-state index in [0.717, 1.165) is 11.5 Å². The van der Waals surface area contributed by atoms with Crippen LogP contribution in [-0.2, 0) is 0 Å². The molecule has 0 aliphatic heterocycles. The van der Waals surface area contributed by atoms with Gasteiger partial charge >= 0.3 is 0 Å². The van der Waals surface area contributed by atoms with Gasteiger partial charge in [-0.15, -0.1) is 0 Å². The molecule has 3 heteroatoms. The van der Waals surface area contributed by atoms with Crippen LogP contribution in [0.2, 0.25) is 0 Å². The highest BCUT2D eigenvalue weighted by molar-refractivity contribution is 5.53. The lowest BCUT2D eigenvalue weighted by molar-refractivity contribution is 0.765. The van der Waals surface area contributed by atoms with Gasteiger partial charge in [0.25, 0.3) is 0 Å². The summed E-state index contributed by atoms with van der Waals surface area (Å²) in [6.07, 6.45) is 0. The maximum atomic E-state index is 5.50. The lowest BCUT2D eigenvalue weighted by Crippen LogP contribution is -2.15. The number of nitrogen functional groups attached to an aromatic ring is 1. The fourth-order valence-corrected chi connectivity index (χ4v) is 2.45. The van der Waals surface area contributed by atoms with Gasteiger partial charge in [-0.05, 0) is 42.4 Å². The van der Waals surface area contributed by atoms with E-state index in [1.165, 1.54) is 16.7 Å². The Labute approximate surface area is 98.4 Å². The van der Waals surface area contributed by atoms with Crippen molar-refractivity contribution in [3.63, 3.8) is 0 Å². The third kappa shape index (κ3) is 2.19. The number of nitrogens with zero attached hydrogens (tertiary/aromatic N) is 1. The molecule has 0 radical (unpaired) electrons. The lowest BCUT2D eigenvalue weighted by Gasteiger charge is -2.22. The Bertz CT molecular complexity index is 381. The van der Waals surface area contributed by atoms with Crippen LogP contribution in [0, 0.1) is 13.8 Å². The van der Waals surface area contributed by atoms with Gasteiger partial charge in [0.2, 0.25) is 0 Å². The topological polar surface area (TPSA) is 50.9 Å². The minimum atomic E-state index is 0.492. The van der Waals surface area contributed by atoms with Crippen LogP contribution in [0.25, 0.3) is 0 Å². The number of nitrogens with two attached hydrogens (primary N) is 1. The van der Waals surface area contributed by atoms with E-state index in [1.807, 2.05) is 0 Å². The second-order valence-electron chi connectivity index (χ2n) is 4.95. The first kappa shape index (κ1) is 13.0. The van der Waals surface area contributed by atoms with Crippen LogP contribution in [-0.4, -0.2) is 4.98 Å². The molecular formula is C13H23N3. The molecular weight excluding hydrogens is 198 g/mol. The maximum Gasteiger partial charge on any atom is 0.143 e. The van der Waals surface area contributed by atoms with E-state index < -0.39 is 0 Å². The molecule has 1 aromatic heterocycles. The van der Waals surface area contributed by atoms with Gasteiger partial charge in [0, 0.05) is 5.69 Å². The molecule has 0 saturated carbocycles. The maximum absolute atomic E-state index is 5.50. The van der Waals surface area contributed by atoms with Crippen molar-refractivity contribution in [3.05, 3.63) is 22.4 Å². The van der Waals surface area contributed by atoms with E-state index in [0.29, 0.717) is 11.8 Å². The molecule has 0 bridgehead atoms. The third-order valence-corrected chi connectivity index (χ3v) is 3.01. The van der Waals surface area contributed by atoms with Crippen LogP contribution >= 0.6 is 0 Å². The van der Waals surface area contributed by atoms with Crippen molar-refractivity contribution in [1.29, 1.82) is 0 Å². The smallest absolute Gasteiger partial charge is 0.143 e. The van der Waals surface area contributed by atoms with Gasteiger partial charge < -0.3 is 5.43 Å². The molecule has 0 aliphatic rings. The van der Waals surface area contributed by atoms with Crippen LogP contribution in [0.1, 0.15) is 61.9 Å². The van der Waals surface area contributed by atoms with Crippen molar-refractivity contribution in [1.82, 2.24) is 4.98 Å². The highest BCUT2D eigenvalue weighted by Crippen LogP contribution is 2.33. The first-order valence-corrected chi connectivity index (χ1v) is 5.87. The fraction of sp³-hybridized carbons (Fsp3) is 0.615. The minimum absolute atomic E-state index is 0.492. The fourth-order valence-electron chi connectivity index (χ4n) is 2.45. The zero-order chi connectivity index (χ0) is 12.5. The Morgan fingerprint density at radius 3 is 1.88 bits per heavy atom. The highest BCUT2D eigenvalue weighted by Gasteiger charge is 2.18. The average molecular weight is 221 g/mol. The number of nitrogens with one attached hydrogen (secondary N) is 1. The van der Waals surface area contributed by atoms with Crippen LogP contribution < -0.4 is 11.3 Å². The van der Waals surface area contributed by atoms with E-state index >= 15 is 0 Å². The summed E-state index contributed by atoms with van der Waals surface area (Å²) in [6.45, 7) is 13.0. The van der Waals surface area contributed by atoms with E-state index in [1.54, 1.807) is 0 Å². The summed E-state index contributed by atoms with van der Waals surface area (Å²) in [5.74, 6) is 7.29. The van der Waals surface area contributed by atoms with Gasteiger partial charge in [0.05, 0.1) is 0 Å². The third-order valence-electron chi connectivity index (χ3n) is 3.01. The summed E-state index contributed by atoms with van der Waals surface area (Å²) in [6, 6.07) is 0. The van der Waals surface area contributed by atoms with E-state index in [9.17, 15) is 0 Å². The Morgan fingerprint density at radius 2 is 1.50 bits per heavy atom. The number of pyridine rings is 1. The largest absolute Gasteiger partial charge is 0.308 e. The predicted molar refractivity (Wildman–Crippen MR) is 69.7 cm³/mol. The molecule has 0 aromatic carbocycles. The van der Waals surface area contributed by atoms with Crippen molar-refractivity contribution >= 4 is 5.82 Å². The number of aryl methyl sites for hydroxylation is 1. The van der Waals surface area contributed by atoms with Gasteiger partial charge in [-0.1, -0.05) is 27.7 Å². The second-order valence-corrected chi connectivity index (χ2v) is 4.95.